The van der Waals surface area contributed by atoms with E-state index in [9.17, 15) is 10.2 Å². The van der Waals surface area contributed by atoms with Crippen molar-refractivity contribution in [3.63, 3.8) is 0 Å². The van der Waals surface area contributed by atoms with Crippen LogP contribution in [0.3, 0.4) is 0 Å². The fourth-order valence-corrected chi connectivity index (χ4v) is 5.69. The zero-order chi connectivity index (χ0) is 28.0. The van der Waals surface area contributed by atoms with Gasteiger partial charge in [-0.1, -0.05) is 177 Å². The molecule has 0 radical (unpaired) electrons. The van der Waals surface area contributed by atoms with E-state index in [1.54, 1.807) is 12.1 Å². The van der Waals surface area contributed by atoms with Crippen LogP contribution in [0, 0.1) is 0 Å². The first-order valence-corrected chi connectivity index (χ1v) is 16.7. The van der Waals surface area contributed by atoms with E-state index in [0.29, 0.717) is 6.42 Å². The molecule has 0 aromatic heterocycles. The minimum Gasteiger partial charge on any atom is -0.872 e. The smallest absolute Gasteiger partial charge is 0.872 e. The van der Waals surface area contributed by atoms with Gasteiger partial charge < -0.3 is 10.2 Å². The van der Waals surface area contributed by atoms with Crippen LogP contribution >= 0.6 is 0 Å². The predicted molar refractivity (Wildman–Crippen MR) is 171 cm³/mol. The minimum absolute atomic E-state index is 0. The normalized spacial score (nSPS) is 11.1. The van der Waals surface area contributed by atoms with Gasteiger partial charge in [0.1, 0.15) is 0 Å². The van der Waals surface area contributed by atoms with Gasteiger partial charge in [-0.15, -0.1) is 11.5 Å². The molecule has 3 heteroatoms. The van der Waals surface area contributed by atoms with Crippen molar-refractivity contribution in [2.75, 3.05) is 0 Å². The topological polar surface area (TPSA) is 46.1 Å². The Morgan fingerprint density at radius 2 is 0.725 bits per heavy atom. The maximum Gasteiger partial charge on any atom is 2.00 e. The van der Waals surface area contributed by atoms with Gasteiger partial charge in [-0.3, -0.25) is 0 Å². The van der Waals surface area contributed by atoms with Crippen molar-refractivity contribution in [3.05, 3.63) is 58.7 Å². The number of aryl methyl sites for hydroxylation is 2. The Morgan fingerprint density at radius 1 is 0.425 bits per heavy atom. The largest absolute Gasteiger partial charge is 2.00 e. The summed E-state index contributed by atoms with van der Waals surface area (Å²) in [6.07, 6.45) is 29.2. The third kappa shape index (κ3) is 17.3. The molecule has 0 saturated heterocycles. The third-order valence-corrected chi connectivity index (χ3v) is 8.27. The summed E-state index contributed by atoms with van der Waals surface area (Å²) in [5.41, 5.74) is 4.01. The molecule has 2 aromatic carbocycles. The van der Waals surface area contributed by atoms with Gasteiger partial charge in [-0.25, -0.2) is 0 Å². The van der Waals surface area contributed by atoms with Crippen LogP contribution in [0.2, 0.25) is 0 Å². The zero-order valence-corrected chi connectivity index (χ0v) is 28.5. The fourth-order valence-electron chi connectivity index (χ4n) is 5.69. The first-order chi connectivity index (χ1) is 19.1. The zero-order valence-electron chi connectivity index (χ0n) is 26.3. The summed E-state index contributed by atoms with van der Waals surface area (Å²) in [5.74, 6) is 0.114. The summed E-state index contributed by atoms with van der Waals surface area (Å²) in [6, 6.07) is 11.5. The molecule has 2 rings (SSSR count). The number of hydrogen-bond acceptors (Lipinski definition) is 2. The van der Waals surface area contributed by atoms with E-state index in [-0.39, 0.29) is 49.2 Å². The van der Waals surface area contributed by atoms with Crippen molar-refractivity contribution in [2.45, 2.75) is 162 Å². The second-order valence-corrected chi connectivity index (χ2v) is 11.9. The van der Waals surface area contributed by atoms with E-state index in [1.807, 2.05) is 12.1 Å². The summed E-state index contributed by atoms with van der Waals surface area (Å²) >= 11 is 0. The van der Waals surface area contributed by atoms with E-state index in [1.165, 1.54) is 140 Å². The van der Waals surface area contributed by atoms with Crippen molar-refractivity contribution < 1.29 is 10.2 Å². The number of rotatable bonds is 24. The van der Waals surface area contributed by atoms with Crippen LogP contribution in [-0.4, -0.2) is 37.7 Å². The molecule has 0 fully saturated rings. The van der Waals surface area contributed by atoms with Crippen molar-refractivity contribution in [1.29, 1.82) is 0 Å². The Hall–Kier alpha value is -0.700. The van der Waals surface area contributed by atoms with Gasteiger partial charge in [0.2, 0.25) is 0 Å². The standard InChI is InChI=1S/C37H60O2.Ca/c1-3-5-7-9-11-13-15-17-19-21-23-32-25-27-36(38)34(29-32)31-35-30-33(26-28-37(35)39)24-22-20-18-16-14-12-10-8-6-4-2;/h25-30,38-39H,3-24,31H2,1-2H3;/q;+2/p-2. The molecule has 0 aliphatic carbocycles. The van der Waals surface area contributed by atoms with Crippen molar-refractivity contribution in [2.24, 2.45) is 0 Å². The second-order valence-electron chi connectivity index (χ2n) is 11.9. The molecule has 2 nitrogen and oxygen atoms in total. The quantitative estimate of drug-likeness (QED) is 0.0925. The Kier molecular flexibility index (Phi) is 23.2. The van der Waals surface area contributed by atoms with Gasteiger partial charge >= 0.3 is 37.7 Å². The minimum atomic E-state index is 0. The van der Waals surface area contributed by atoms with Gasteiger partial charge in [0, 0.05) is 0 Å². The van der Waals surface area contributed by atoms with Crippen LogP contribution in [0.25, 0.3) is 0 Å². The Balaban J connectivity index is 0.00000800. The van der Waals surface area contributed by atoms with E-state index in [4.69, 9.17) is 0 Å². The van der Waals surface area contributed by atoms with Gasteiger partial charge in [0.05, 0.1) is 0 Å². The third-order valence-electron chi connectivity index (χ3n) is 8.27. The first-order valence-electron chi connectivity index (χ1n) is 16.7. The van der Waals surface area contributed by atoms with Crippen molar-refractivity contribution in [1.82, 2.24) is 0 Å². The monoisotopic (exact) mass is 574 g/mol. The SMILES string of the molecule is CCCCCCCCCCCCc1ccc([O-])c(Cc2cc(CCCCCCCCCCCC)ccc2[O-])c1.[Ca+2]. The molecule has 0 N–H and O–H groups in total. The second kappa shape index (κ2) is 24.9. The van der Waals surface area contributed by atoms with Gasteiger partial charge in [0.25, 0.3) is 0 Å². The molecule has 2 aromatic rings. The molecule has 40 heavy (non-hydrogen) atoms. The average molecular weight is 575 g/mol. The van der Waals surface area contributed by atoms with Crippen molar-refractivity contribution in [3.8, 4) is 11.5 Å². The molecule has 0 saturated carbocycles. The number of benzene rings is 2. The molecular formula is C37H58CaO2. The van der Waals surface area contributed by atoms with E-state index in [0.717, 1.165) is 24.0 Å². The molecule has 0 spiro atoms. The summed E-state index contributed by atoms with van der Waals surface area (Å²) in [4.78, 5) is 0. The number of unbranched alkanes of at least 4 members (excludes halogenated alkanes) is 18. The van der Waals surface area contributed by atoms with E-state index < -0.39 is 0 Å². The summed E-state index contributed by atoms with van der Waals surface area (Å²) in [6.45, 7) is 4.54. The van der Waals surface area contributed by atoms with Crippen LogP contribution in [-0.2, 0) is 19.3 Å². The van der Waals surface area contributed by atoms with Gasteiger partial charge in [0.15, 0.2) is 0 Å². The van der Waals surface area contributed by atoms with Gasteiger partial charge in [-0.05, 0) is 43.2 Å². The predicted octanol–water partition coefficient (Wildman–Crippen LogP) is 9.97. The molecule has 0 aliphatic heterocycles. The molecule has 0 aliphatic rings. The fraction of sp³-hybridized carbons (Fsp3) is 0.676. The Labute approximate surface area is 277 Å². The molecule has 0 amide bonds. The van der Waals surface area contributed by atoms with Crippen LogP contribution in [0.4, 0.5) is 0 Å². The summed E-state index contributed by atoms with van der Waals surface area (Å²) < 4.78 is 0. The summed E-state index contributed by atoms with van der Waals surface area (Å²) in [5, 5.41) is 25.2. The molecule has 0 bridgehead atoms. The van der Waals surface area contributed by atoms with E-state index in [2.05, 4.69) is 26.0 Å². The maximum atomic E-state index is 12.6. The Morgan fingerprint density at radius 3 is 1.05 bits per heavy atom. The van der Waals surface area contributed by atoms with Crippen LogP contribution in [0.15, 0.2) is 36.4 Å². The molecular weight excluding hydrogens is 516 g/mol. The number of hydrogen-bond donors (Lipinski definition) is 0. The maximum absolute atomic E-state index is 12.6. The van der Waals surface area contributed by atoms with Crippen molar-refractivity contribution >= 4 is 37.7 Å². The van der Waals surface area contributed by atoms with Gasteiger partial charge in [-0.2, -0.15) is 0 Å². The van der Waals surface area contributed by atoms with Crippen LogP contribution in [0.5, 0.6) is 11.5 Å². The molecule has 0 unspecified atom stereocenters. The first kappa shape index (κ1) is 37.3. The Bertz CT molecular complexity index is 807. The van der Waals surface area contributed by atoms with Crippen LogP contribution in [0.1, 0.15) is 165 Å². The summed E-state index contributed by atoms with van der Waals surface area (Å²) in [7, 11) is 0. The molecule has 220 valence electrons. The average Bonchev–Trinajstić information content (AvgIpc) is 2.94. The molecule has 0 heterocycles. The van der Waals surface area contributed by atoms with Crippen LogP contribution < -0.4 is 10.2 Å². The van der Waals surface area contributed by atoms with E-state index >= 15 is 0 Å². The molecule has 0 atom stereocenters.